The molecule has 0 aliphatic carbocycles. The Hall–Kier alpha value is -3.39. The number of rotatable bonds is 7. The first-order valence-corrected chi connectivity index (χ1v) is 14.8. The number of sulfonamides is 2. The number of amides is 1. The van der Waals surface area contributed by atoms with Gasteiger partial charge in [-0.2, -0.15) is 4.31 Å². The second-order valence-corrected chi connectivity index (χ2v) is 12.8. The average molecular weight is 560 g/mol. The van der Waals surface area contributed by atoms with Crippen molar-refractivity contribution in [3.05, 3.63) is 71.5 Å². The normalized spacial score (nSPS) is 18.6. The van der Waals surface area contributed by atoms with Crippen LogP contribution in [0, 0.1) is 13.8 Å². The average Bonchev–Trinajstić information content (AvgIpc) is 2.83. The Kier molecular flexibility index (Phi) is 7.83. The monoisotopic (exact) mass is 559 g/mol. The van der Waals surface area contributed by atoms with E-state index in [1.165, 1.54) is 52.8 Å². The van der Waals surface area contributed by atoms with Crippen LogP contribution >= 0.6 is 0 Å². The number of carbonyl (C=O) groups is 1. The molecule has 1 saturated heterocycles. The molecule has 2 atom stereocenters. The van der Waals surface area contributed by atoms with Gasteiger partial charge in [0.25, 0.3) is 15.9 Å². The molecule has 38 heavy (non-hydrogen) atoms. The van der Waals surface area contributed by atoms with E-state index in [-0.39, 0.29) is 46.6 Å². The van der Waals surface area contributed by atoms with Gasteiger partial charge >= 0.3 is 0 Å². The fraction of sp³-hybridized carbons (Fsp3) is 0.320. The van der Waals surface area contributed by atoms with Crippen LogP contribution in [0.3, 0.4) is 0 Å². The Labute approximate surface area is 222 Å². The zero-order valence-corrected chi connectivity index (χ0v) is 23.0. The molecule has 0 unspecified atom stereocenters. The van der Waals surface area contributed by atoms with E-state index in [0.717, 1.165) is 0 Å². The first kappa shape index (κ1) is 27.6. The van der Waals surface area contributed by atoms with Crippen molar-refractivity contribution in [1.82, 2.24) is 14.3 Å². The number of aromatic nitrogens is 2. The van der Waals surface area contributed by atoms with Crippen LogP contribution in [0.4, 0.5) is 11.6 Å². The van der Waals surface area contributed by atoms with Gasteiger partial charge in [0.15, 0.2) is 0 Å². The van der Waals surface area contributed by atoms with Gasteiger partial charge in [0.1, 0.15) is 0 Å². The molecule has 1 aliphatic rings. The molecule has 2 N–H and O–H groups in total. The summed E-state index contributed by atoms with van der Waals surface area (Å²) in [5.41, 5.74) is 1.87. The van der Waals surface area contributed by atoms with Crippen LogP contribution in [0.15, 0.2) is 64.4 Å². The summed E-state index contributed by atoms with van der Waals surface area (Å²) < 4.78 is 60.8. The first-order chi connectivity index (χ1) is 17.8. The number of hydrogen-bond acceptors (Lipinski definition) is 8. The number of carbonyl (C=O) groups excluding carboxylic acids is 1. The van der Waals surface area contributed by atoms with Gasteiger partial charge in [-0.15, -0.1) is 0 Å². The Balaban J connectivity index is 1.42. The summed E-state index contributed by atoms with van der Waals surface area (Å²) in [4.78, 5) is 20.9. The third-order valence-electron chi connectivity index (χ3n) is 5.77. The minimum atomic E-state index is -3.94. The van der Waals surface area contributed by atoms with Crippen molar-refractivity contribution >= 4 is 37.6 Å². The fourth-order valence-corrected chi connectivity index (χ4v) is 6.66. The van der Waals surface area contributed by atoms with Gasteiger partial charge in [-0.05, 0) is 82.3 Å². The van der Waals surface area contributed by atoms with Crippen molar-refractivity contribution in [1.29, 1.82) is 0 Å². The van der Waals surface area contributed by atoms with E-state index in [2.05, 4.69) is 20.0 Å². The van der Waals surface area contributed by atoms with Gasteiger partial charge in [-0.25, -0.2) is 31.5 Å². The smallest absolute Gasteiger partial charge is 0.264 e. The van der Waals surface area contributed by atoms with Crippen LogP contribution in [0.2, 0.25) is 0 Å². The summed E-state index contributed by atoms with van der Waals surface area (Å²) in [7, 11) is -7.66. The highest BCUT2D eigenvalue weighted by Crippen LogP contribution is 2.22. The predicted octanol–water partition coefficient (Wildman–Crippen LogP) is 2.94. The van der Waals surface area contributed by atoms with E-state index in [0.29, 0.717) is 17.1 Å². The van der Waals surface area contributed by atoms with Gasteiger partial charge in [0.05, 0.1) is 22.0 Å². The molecule has 1 aromatic heterocycles. The summed E-state index contributed by atoms with van der Waals surface area (Å²) in [5.74, 6) is -0.497. The molecular weight excluding hydrogens is 530 g/mol. The summed E-state index contributed by atoms with van der Waals surface area (Å²) >= 11 is 0. The van der Waals surface area contributed by atoms with Crippen LogP contribution in [0.25, 0.3) is 0 Å². The molecule has 4 rings (SSSR count). The molecule has 1 amide bonds. The first-order valence-electron chi connectivity index (χ1n) is 11.9. The van der Waals surface area contributed by atoms with Gasteiger partial charge in [0.2, 0.25) is 16.0 Å². The zero-order chi connectivity index (χ0) is 27.7. The molecule has 202 valence electrons. The maximum Gasteiger partial charge on any atom is 0.264 e. The van der Waals surface area contributed by atoms with Crippen LogP contribution < -0.4 is 10.0 Å². The molecule has 0 spiro atoms. The quantitative estimate of drug-likeness (QED) is 0.449. The molecule has 0 bridgehead atoms. The lowest BCUT2D eigenvalue weighted by atomic mass is 10.2. The van der Waals surface area contributed by atoms with E-state index in [9.17, 15) is 21.6 Å². The van der Waals surface area contributed by atoms with Gasteiger partial charge in [-0.3, -0.25) is 4.79 Å². The van der Waals surface area contributed by atoms with Gasteiger partial charge in [0, 0.05) is 35.7 Å². The van der Waals surface area contributed by atoms with Gasteiger partial charge < -0.3 is 10.1 Å². The maximum atomic E-state index is 13.0. The molecule has 2 aromatic carbocycles. The fourth-order valence-electron chi connectivity index (χ4n) is 4.13. The van der Waals surface area contributed by atoms with E-state index in [1.807, 2.05) is 13.8 Å². The summed E-state index contributed by atoms with van der Waals surface area (Å²) in [6.07, 6.45) is -0.424. The Morgan fingerprint density at radius 2 is 1.39 bits per heavy atom. The van der Waals surface area contributed by atoms with Crippen molar-refractivity contribution in [2.24, 2.45) is 0 Å². The zero-order valence-electron chi connectivity index (χ0n) is 21.4. The summed E-state index contributed by atoms with van der Waals surface area (Å²) in [5, 5.41) is 2.68. The largest absolute Gasteiger partial charge is 0.373 e. The molecular formula is C25H29N5O6S2. The summed E-state index contributed by atoms with van der Waals surface area (Å²) in [6, 6.07) is 13.0. The molecule has 2 heterocycles. The standard InChI is InChI=1S/C25H29N5O6S2/c1-16-13-17(2)27-25(26-16)29-37(32,33)22-11-7-21(8-12-22)28-24(31)20-5-9-23(10-6-20)38(34,35)30-14-18(3)36-19(4)15-30/h5-13,18-19H,14-15H2,1-4H3,(H,28,31)(H,26,27,29)/t18-,19-/m0/s1. The third kappa shape index (κ3) is 6.35. The Morgan fingerprint density at radius 1 is 0.868 bits per heavy atom. The summed E-state index contributed by atoms with van der Waals surface area (Å²) in [6.45, 7) is 7.64. The Bertz CT molecular complexity index is 1510. The maximum absolute atomic E-state index is 13.0. The highest BCUT2D eigenvalue weighted by atomic mass is 32.2. The van der Waals surface area contributed by atoms with Crippen LogP contribution in [0.1, 0.15) is 35.6 Å². The minimum absolute atomic E-state index is 0.0250. The van der Waals surface area contributed by atoms with Crippen molar-refractivity contribution in [2.75, 3.05) is 23.1 Å². The molecule has 0 saturated carbocycles. The minimum Gasteiger partial charge on any atom is -0.373 e. The predicted molar refractivity (Wildman–Crippen MR) is 142 cm³/mol. The number of nitrogens with zero attached hydrogens (tertiary/aromatic N) is 3. The molecule has 0 radical (unpaired) electrons. The number of anilines is 2. The number of benzene rings is 2. The number of hydrogen-bond donors (Lipinski definition) is 2. The number of aryl methyl sites for hydroxylation is 2. The van der Waals surface area contributed by atoms with Crippen molar-refractivity contribution < 1.29 is 26.4 Å². The lowest BCUT2D eigenvalue weighted by molar-refractivity contribution is -0.0440. The van der Waals surface area contributed by atoms with Crippen LogP contribution in [-0.2, 0) is 24.8 Å². The third-order valence-corrected chi connectivity index (χ3v) is 8.96. The van der Waals surface area contributed by atoms with Crippen molar-refractivity contribution in [3.63, 3.8) is 0 Å². The SMILES string of the molecule is Cc1cc(C)nc(NS(=O)(=O)c2ccc(NC(=O)c3ccc(S(=O)(=O)N4C[C@H](C)O[C@@H](C)C4)cc3)cc2)n1. The second-order valence-electron chi connectivity index (χ2n) is 9.16. The molecule has 3 aromatic rings. The van der Waals surface area contributed by atoms with E-state index in [4.69, 9.17) is 4.74 Å². The molecule has 13 heteroatoms. The topological polar surface area (TPSA) is 148 Å². The van der Waals surface area contributed by atoms with E-state index >= 15 is 0 Å². The lowest BCUT2D eigenvalue weighted by Gasteiger charge is -2.34. The molecule has 1 aliphatic heterocycles. The van der Waals surface area contributed by atoms with Crippen LogP contribution in [-0.4, -0.2) is 62.3 Å². The lowest BCUT2D eigenvalue weighted by Crippen LogP contribution is -2.48. The highest BCUT2D eigenvalue weighted by Gasteiger charge is 2.32. The molecule has 1 fully saturated rings. The highest BCUT2D eigenvalue weighted by molar-refractivity contribution is 7.92. The second kappa shape index (κ2) is 10.8. The van der Waals surface area contributed by atoms with Crippen molar-refractivity contribution in [2.45, 2.75) is 49.7 Å². The van der Waals surface area contributed by atoms with E-state index < -0.39 is 26.0 Å². The number of ether oxygens (including phenoxy) is 1. The molecule has 11 nitrogen and oxygen atoms in total. The van der Waals surface area contributed by atoms with E-state index in [1.54, 1.807) is 19.9 Å². The number of morpholine rings is 1. The van der Waals surface area contributed by atoms with Crippen molar-refractivity contribution in [3.8, 4) is 0 Å². The van der Waals surface area contributed by atoms with Gasteiger partial charge in [-0.1, -0.05) is 0 Å². The number of nitrogens with one attached hydrogen (secondary N) is 2. The Morgan fingerprint density at radius 3 is 1.95 bits per heavy atom. The van der Waals surface area contributed by atoms with Crippen LogP contribution in [0.5, 0.6) is 0 Å².